The molecule has 0 saturated heterocycles. The van der Waals surface area contributed by atoms with E-state index in [1.807, 2.05) is 6.07 Å². The van der Waals surface area contributed by atoms with Crippen LogP contribution in [-0.4, -0.2) is 10.1 Å². The van der Waals surface area contributed by atoms with Gasteiger partial charge in [0.1, 0.15) is 0 Å². The van der Waals surface area contributed by atoms with Crippen molar-refractivity contribution in [1.82, 2.24) is 0 Å². The molecule has 1 aliphatic carbocycles. The van der Waals surface area contributed by atoms with Gasteiger partial charge in [0, 0.05) is 5.57 Å². The number of allylic oxidation sites excluding steroid dienone is 1. The Bertz CT molecular complexity index is 773. The van der Waals surface area contributed by atoms with Gasteiger partial charge in [-0.25, -0.2) is 0 Å². The van der Waals surface area contributed by atoms with Gasteiger partial charge in [0.25, 0.3) is 0 Å². The first-order chi connectivity index (χ1) is 11.9. The van der Waals surface area contributed by atoms with Crippen LogP contribution >= 0.6 is 15.9 Å². The van der Waals surface area contributed by atoms with E-state index in [1.54, 1.807) is 0 Å². The standard InChI is InChI=1S/C23H25BrO/c1-16(2)23(24)14-13-17(3)21(22(23)25)15-18-9-11-20(12-10-18)19-7-5-4-6-8-19/h4-12,15-17H,13-14H2,1-3H3/b21-15-. The van der Waals surface area contributed by atoms with Crippen LogP contribution in [0, 0.1) is 11.8 Å². The zero-order valence-corrected chi connectivity index (χ0v) is 16.7. The molecule has 0 bridgehead atoms. The van der Waals surface area contributed by atoms with Crippen molar-refractivity contribution in [3.05, 3.63) is 65.7 Å². The molecule has 2 aromatic rings. The number of Topliss-reactive ketones (excluding diaryl/α,β-unsaturated/α-hetero) is 1. The Morgan fingerprint density at radius 3 is 2.24 bits per heavy atom. The van der Waals surface area contributed by atoms with Gasteiger partial charge in [-0.05, 0) is 47.4 Å². The number of carbonyl (C=O) groups is 1. The van der Waals surface area contributed by atoms with E-state index in [0.717, 1.165) is 24.0 Å². The van der Waals surface area contributed by atoms with Gasteiger partial charge in [0.05, 0.1) is 4.32 Å². The Morgan fingerprint density at radius 2 is 1.64 bits per heavy atom. The SMILES string of the molecule is CC1CCC(Br)(C(C)C)C(=O)/C1=C\c1ccc(-c2ccccc2)cc1. The van der Waals surface area contributed by atoms with E-state index in [-0.39, 0.29) is 11.7 Å². The Morgan fingerprint density at radius 1 is 1.04 bits per heavy atom. The maximum Gasteiger partial charge on any atom is 0.176 e. The lowest BCUT2D eigenvalue weighted by Gasteiger charge is -2.38. The Balaban J connectivity index is 1.90. The van der Waals surface area contributed by atoms with Gasteiger partial charge in [0.2, 0.25) is 0 Å². The van der Waals surface area contributed by atoms with Gasteiger partial charge in [-0.2, -0.15) is 0 Å². The monoisotopic (exact) mass is 396 g/mol. The molecule has 0 heterocycles. The normalized spacial score (nSPS) is 25.6. The number of carbonyl (C=O) groups excluding carboxylic acids is 1. The number of hydrogen-bond acceptors (Lipinski definition) is 1. The Kier molecular flexibility index (Phi) is 5.29. The van der Waals surface area contributed by atoms with Crippen molar-refractivity contribution in [1.29, 1.82) is 0 Å². The van der Waals surface area contributed by atoms with Crippen LogP contribution in [0.15, 0.2) is 60.2 Å². The van der Waals surface area contributed by atoms with Crippen molar-refractivity contribution in [2.24, 2.45) is 11.8 Å². The Labute approximate surface area is 159 Å². The summed E-state index contributed by atoms with van der Waals surface area (Å²) in [7, 11) is 0. The van der Waals surface area contributed by atoms with Crippen molar-refractivity contribution >= 4 is 27.8 Å². The molecule has 0 amide bonds. The predicted octanol–water partition coefficient (Wildman–Crippen LogP) is 6.53. The second-order valence-corrected chi connectivity index (χ2v) is 8.79. The van der Waals surface area contributed by atoms with Gasteiger partial charge in [-0.1, -0.05) is 91.3 Å². The lowest BCUT2D eigenvalue weighted by molar-refractivity contribution is -0.120. The molecule has 3 rings (SSSR count). The first kappa shape index (κ1) is 18.1. The molecule has 2 aromatic carbocycles. The Hall–Kier alpha value is -1.67. The van der Waals surface area contributed by atoms with Crippen LogP contribution in [0.1, 0.15) is 39.2 Å². The van der Waals surface area contributed by atoms with Crippen molar-refractivity contribution in [2.75, 3.05) is 0 Å². The van der Waals surface area contributed by atoms with E-state index in [2.05, 4.69) is 91.3 Å². The minimum absolute atomic E-state index is 0.258. The molecular formula is C23H25BrO. The summed E-state index contributed by atoms with van der Waals surface area (Å²) in [6.07, 6.45) is 4.04. The molecule has 2 heteroatoms. The minimum atomic E-state index is -0.407. The van der Waals surface area contributed by atoms with Crippen LogP contribution in [0.4, 0.5) is 0 Å². The molecule has 1 fully saturated rings. The second kappa shape index (κ2) is 7.29. The topological polar surface area (TPSA) is 17.1 Å². The van der Waals surface area contributed by atoms with Crippen molar-refractivity contribution in [2.45, 2.75) is 37.9 Å². The summed E-state index contributed by atoms with van der Waals surface area (Å²) in [6, 6.07) is 18.8. The number of rotatable bonds is 3. The fraction of sp³-hybridized carbons (Fsp3) is 0.348. The number of hydrogen-bond donors (Lipinski definition) is 0. The molecule has 130 valence electrons. The van der Waals surface area contributed by atoms with Crippen molar-refractivity contribution in [3.8, 4) is 11.1 Å². The highest BCUT2D eigenvalue weighted by Gasteiger charge is 2.44. The highest BCUT2D eigenvalue weighted by atomic mass is 79.9. The summed E-state index contributed by atoms with van der Waals surface area (Å²) in [5, 5.41) is 0. The van der Waals surface area contributed by atoms with Gasteiger partial charge >= 0.3 is 0 Å². The van der Waals surface area contributed by atoms with Crippen molar-refractivity contribution < 1.29 is 4.79 Å². The molecule has 1 aliphatic rings. The van der Waals surface area contributed by atoms with Gasteiger partial charge < -0.3 is 0 Å². The molecular weight excluding hydrogens is 372 g/mol. The van der Waals surface area contributed by atoms with Gasteiger partial charge in [-0.3, -0.25) is 4.79 Å². The number of halogens is 1. The number of alkyl halides is 1. The largest absolute Gasteiger partial charge is 0.293 e. The van der Waals surface area contributed by atoms with Gasteiger partial charge in [-0.15, -0.1) is 0 Å². The molecule has 0 aliphatic heterocycles. The maximum absolute atomic E-state index is 13.1. The second-order valence-electron chi connectivity index (χ2n) is 7.37. The van der Waals surface area contributed by atoms with Crippen LogP contribution in [0.25, 0.3) is 17.2 Å². The van der Waals surface area contributed by atoms with E-state index in [1.165, 1.54) is 11.1 Å². The average Bonchev–Trinajstić information content (AvgIpc) is 2.63. The fourth-order valence-corrected chi connectivity index (χ4v) is 3.96. The molecule has 1 saturated carbocycles. The molecule has 1 nitrogen and oxygen atoms in total. The molecule has 0 aromatic heterocycles. The van der Waals surface area contributed by atoms with Gasteiger partial charge in [0.15, 0.2) is 5.78 Å². The molecule has 0 spiro atoms. The molecule has 0 N–H and O–H groups in total. The van der Waals surface area contributed by atoms with Crippen molar-refractivity contribution in [3.63, 3.8) is 0 Å². The fourth-order valence-electron chi connectivity index (χ4n) is 3.50. The van der Waals surface area contributed by atoms with Crippen LogP contribution in [-0.2, 0) is 4.79 Å². The summed E-state index contributed by atoms with van der Waals surface area (Å²) >= 11 is 3.76. The zero-order valence-electron chi connectivity index (χ0n) is 15.1. The van der Waals surface area contributed by atoms with E-state index < -0.39 is 4.32 Å². The van der Waals surface area contributed by atoms with E-state index in [0.29, 0.717) is 5.92 Å². The van der Waals surface area contributed by atoms with Crippen LogP contribution in [0.2, 0.25) is 0 Å². The van der Waals surface area contributed by atoms with E-state index in [4.69, 9.17) is 0 Å². The minimum Gasteiger partial charge on any atom is -0.293 e. The van der Waals surface area contributed by atoms with E-state index >= 15 is 0 Å². The third-order valence-corrected chi connectivity index (χ3v) is 7.04. The summed E-state index contributed by atoms with van der Waals surface area (Å²) < 4.78 is -0.407. The molecule has 0 radical (unpaired) electrons. The highest BCUT2D eigenvalue weighted by molar-refractivity contribution is 9.10. The highest BCUT2D eigenvalue weighted by Crippen LogP contribution is 2.44. The summed E-state index contributed by atoms with van der Waals surface area (Å²) in [5.74, 6) is 0.857. The molecule has 25 heavy (non-hydrogen) atoms. The third kappa shape index (κ3) is 3.64. The molecule has 2 atom stereocenters. The quantitative estimate of drug-likeness (QED) is 0.425. The van der Waals surface area contributed by atoms with E-state index in [9.17, 15) is 4.79 Å². The number of benzene rings is 2. The summed E-state index contributed by atoms with van der Waals surface area (Å²) in [4.78, 5) is 13.1. The zero-order chi connectivity index (χ0) is 18.0. The maximum atomic E-state index is 13.1. The lowest BCUT2D eigenvalue weighted by atomic mass is 9.73. The van der Waals surface area contributed by atoms with Crippen LogP contribution in [0.5, 0.6) is 0 Å². The average molecular weight is 397 g/mol. The smallest absolute Gasteiger partial charge is 0.176 e. The summed E-state index contributed by atoms with van der Waals surface area (Å²) in [6.45, 7) is 6.40. The third-order valence-electron chi connectivity index (χ3n) is 5.37. The number of ketones is 1. The predicted molar refractivity (Wildman–Crippen MR) is 110 cm³/mol. The summed E-state index contributed by atoms with van der Waals surface area (Å²) in [5.41, 5.74) is 4.45. The van der Waals surface area contributed by atoms with Crippen LogP contribution < -0.4 is 0 Å². The van der Waals surface area contributed by atoms with Crippen LogP contribution in [0.3, 0.4) is 0 Å². The lowest BCUT2D eigenvalue weighted by Crippen LogP contribution is -2.43. The first-order valence-electron chi connectivity index (χ1n) is 9.02. The molecule has 2 unspecified atom stereocenters. The first-order valence-corrected chi connectivity index (χ1v) is 9.82.